The van der Waals surface area contributed by atoms with Gasteiger partial charge in [-0.05, 0) is 56.8 Å². The van der Waals surface area contributed by atoms with Crippen molar-refractivity contribution in [3.05, 3.63) is 21.1 Å². The van der Waals surface area contributed by atoms with Crippen LogP contribution in [0, 0.1) is 0 Å². The first-order chi connectivity index (χ1) is 8.45. The van der Waals surface area contributed by atoms with Gasteiger partial charge in [0.15, 0.2) is 0 Å². The van der Waals surface area contributed by atoms with Gasteiger partial charge in [0.1, 0.15) is 18.1 Å². The van der Waals surface area contributed by atoms with Crippen LogP contribution < -0.4 is 9.47 Å². The summed E-state index contributed by atoms with van der Waals surface area (Å²) in [4.78, 5) is 0. The van der Waals surface area contributed by atoms with Crippen LogP contribution in [-0.4, -0.2) is 24.4 Å². The minimum Gasteiger partial charge on any atom is -0.496 e. The van der Waals surface area contributed by atoms with E-state index in [0.717, 1.165) is 14.7 Å². The highest BCUT2D eigenvalue weighted by atomic mass is 79.9. The van der Waals surface area contributed by atoms with Crippen molar-refractivity contribution in [1.82, 2.24) is 0 Å². The fraction of sp³-hybridized carbons (Fsp3) is 0.538. The second-order valence-electron chi connectivity index (χ2n) is 4.14. The first-order valence-corrected chi connectivity index (χ1v) is 7.42. The molecule has 1 aromatic rings. The number of aliphatic hydroxyl groups is 1. The molecule has 1 N–H and O–H groups in total. The molecule has 0 amide bonds. The molecule has 1 aromatic carbocycles. The summed E-state index contributed by atoms with van der Waals surface area (Å²) >= 11 is 6.83. The molecule has 102 valence electrons. The van der Waals surface area contributed by atoms with Gasteiger partial charge < -0.3 is 14.6 Å². The van der Waals surface area contributed by atoms with Gasteiger partial charge in [-0.3, -0.25) is 0 Å². The zero-order valence-corrected chi connectivity index (χ0v) is 14.0. The van der Waals surface area contributed by atoms with E-state index in [-0.39, 0.29) is 6.61 Å². The molecule has 0 atom stereocenters. The van der Waals surface area contributed by atoms with Gasteiger partial charge in [-0.15, -0.1) is 0 Å². The van der Waals surface area contributed by atoms with E-state index in [4.69, 9.17) is 9.47 Å². The summed E-state index contributed by atoms with van der Waals surface area (Å²) in [7, 11) is 1.61. The van der Waals surface area contributed by atoms with Crippen molar-refractivity contribution >= 4 is 31.9 Å². The van der Waals surface area contributed by atoms with E-state index < -0.39 is 5.60 Å². The lowest BCUT2D eigenvalue weighted by molar-refractivity contribution is -0.0115. The van der Waals surface area contributed by atoms with E-state index >= 15 is 0 Å². The van der Waals surface area contributed by atoms with Gasteiger partial charge in [0.05, 0.1) is 21.7 Å². The number of hydrogen-bond donors (Lipinski definition) is 1. The summed E-state index contributed by atoms with van der Waals surface area (Å²) in [6, 6.07) is 3.66. The highest BCUT2D eigenvalue weighted by Gasteiger charge is 2.23. The average Bonchev–Trinajstić information content (AvgIpc) is 2.38. The minimum absolute atomic E-state index is 0.275. The molecule has 1 rings (SSSR count). The number of methoxy groups -OCH3 is 1. The Morgan fingerprint density at radius 1 is 1.11 bits per heavy atom. The second-order valence-corrected chi connectivity index (χ2v) is 5.85. The molecule has 0 aromatic heterocycles. The van der Waals surface area contributed by atoms with Crippen LogP contribution in [0.25, 0.3) is 0 Å². The van der Waals surface area contributed by atoms with E-state index in [0.29, 0.717) is 18.6 Å². The smallest absolute Gasteiger partial charge is 0.135 e. The Morgan fingerprint density at radius 3 is 2.11 bits per heavy atom. The van der Waals surface area contributed by atoms with Gasteiger partial charge in [-0.2, -0.15) is 0 Å². The van der Waals surface area contributed by atoms with Crippen LogP contribution in [0.1, 0.15) is 26.7 Å². The second kappa shape index (κ2) is 6.78. The molecule has 0 saturated heterocycles. The molecule has 3 nitrogen and oxygen atoms in total. The largest absolute Gasteiger partial charge is 0.496 e. The van der Waals surface area contributed by atoms with Crippen LogP contribution >= 0.6 is 31.9 Å². The molecule has 5 heteroatoms. The molecular weight excluding hydrogens is 364 g/mol. The number of halogens is 2. The highest BCUT2D eigenvalue weighted by Crippen LogP contribution is 2.36. The van der Waals surface area contributed by atoms with Crippen LogP contribution in [-0.2, 0) is 0 Å². The number of rotatable bonds is 6. The third kappa shape index (κ3) is 3.87. The van der Waals surface area contributed by atoms with E-state index in [2.05, 4.69) is 31.9 Å². The molecule has 0 heterocycles. The molecule has 0 radical (unpaired) electrons. The Kier molecular flexibility index (Phi) is 5.95. The number of hydrogen-bond acceptors (Lipinski definition) is 3. The summed E-state index contributed by atoms with van der Waals surface area (Å²) < 4.78 is 12.5. The molecule has 0 fully saturated rings. The van der Waals surface area contributed by atoms with Crippen molar-refractivity contribution in [3.8, 4) is 11.5 Å². The van der Waals surface area contributed by atoms with Crippen LogP contribution in [0.2, 0.25) is 0 Å². The summed E-state index contributed by atoms with van der Waals surface area (Å²) in [5, 5.41) is 10.2. The zero-order valence-electron chi connectivity index (χ0n) is 10.8. The van der Waals surface area contributed by atoms with Crippen molar-refractivity contribution in [2.45, 2.75) is 32.3 Å². The SMILES string of the molecule is CCC(O)(CC)COc1cc(Br)c(OC)cc1Br. The number of ether oxygens (including phenoxy) is 2. The zero-order chi connectivity index (χ0) is 13.8. The molecule has 0 spiro atoms. The molecule has 0 saturated carbocycles. The Bertz CT molecular complexity index is 403. The fourth-order valence-corrected chi connectivity index (χ4v) is 2.36. The molecule has 0 aliphatic carbocycles. The van der Waals surface area contributed by atoms with Gasteiger partial charge in [0.25, 0.3) is 0 Å². The van der Waals surface area contributed by atoms with Crippen molar-refractivity contribution in [1.29, 1.82) is 0 Å². The summed E-state index contributed by atoms with van der Waals surface area (Å²) in [5.74, 6) is 1.42. The Balaban J connectivity index is 2.83. The predicted octanol–water partition coefficient (Wildman–Crippen LogP) is 4.15. The van der Waals surface area contributed by atoms with Crippen LogP contribution in [0.15, 0.2) is 21.1 Å². The first-order valence-electron chi connectivity index (χ1n) is 5.84. The molecular formula is C13H18Br2O3. The van der Waals surface area contributed by atoms with Crippen molar-refractivity contribution in [2.24, 2.45) is 0 Å². The van der Waals surface area contributed by atoms with Crippen molar-refractivity contribution in [2.75, 3.05) is 13.7 Å². The Hall–Kier alpha value is -0.260. The molecule has 18 heavy (non-hydrogen) atoms. The van der Waals surface area contributed by atoms with E-state index in [1.165, 1.54) is 0 Å². The third-order valence-corrected chi connectivity index (χ3v) is 4.26. The Morgan fingerprint density at radius 2 is 1.61 bits per heavy atom. The molecule has 0 unspecified atom stereocenters. The maximum Gasteiger partial charge on any atom is 0.135 e. The fourth-order valence-electron chi connectivity index (χ4n) is 1.44. The van der Waals surface area contributed by atoms with Gasteiger partial charge in [-0.1, -0.05) is 13.8 Å². The lowest BCUT2D eigenvalue weighted by Gasteiger charge is -2.25. The van der Waals surface area contributed by atoms with E-state index in [1.807, 2.05) is 26.0 Å². The third-order valence-electron chi connectivity index (χ3n) is 3.02. The number of benzene rings is 1. The normalized spacial score (nSPS) is 11.4. The molecule has 0 bridgehead atoms. The van der Waals surface area contributed by atoms with Gasteiger partial charge in [-0.25, -0.2) is 0 Å². The summed E-state index contributed by atoms with van der Waals surface area (Å²) in [6.07, 6.45) is 1.33. The summed E-state index contributed by atoms with van der Waals surface area (Å²) in [6.45, 7) is 4.18. The maximum atomic E-state index is 10.2. The van der Waals surface area contributed by atoms with Crippen molar-refractivity contribution in [3.63, 3.8) is 0 Å². The van der Waals surface area contributed by atoms with Gasteiger partial charge >= 0.3 is 0 Å². The minimum atomic E-state index is -0.772. The van der Waals surface area contributed by atoms with Crippen LogP contribution in [0.5, 0.6) is 11.5 Å². The molecule has 0 aliphatic rings. The topological polar surface area (TPSA) is 38.7 Å². The lowest BCUT2D eigenvalue weighted by Crippen LogP contribution is -2.34. The average molecular weight is 382 g/mol. The quantitative estimate of drug-likeness (QED) is 0.804. The first kappa shape index (κ1) is 15.8. The summed E-state index contributed by atoms with van der Waals surface area (Å²) in [5.41, 5.74) is -0.772. The highest BCUT2D eigenvalue weighted by molar-refractivity contribution is 9.11. The standard InChI is InChI=1S/C13H18Br2O3/c1-4-13(16,5-2)8-18-12-7-9(14)11(17-3)6-10(12)15/h6-7,16H,4-5,8H2,1-3H3. The Labute approximate surface area is 125 Å². The van der Waals surface area contributed by atoms with Gasteiger partial charge in [0.2, 0.25) is 0 Å². The molecule has 0 aliphatic heterocycles. The van der Waals surface area contributed by atoms with E-state index in [9.17, 15) is 5.11 Å². The van der Waals surface area contributed by atoms with Crippen molar-refractivity contribution < 1.29 is 14.6 Å². The van der Waals surface area contributed by atoms with Crippen LogP contribution in [0.4, 0.5) is 0 Å². The lowest BCUT2D eigenvalue weighted by atomic mass is 9.99. The monoisotopic (exact) mass is 380 g/mol. The predicted molar refractivity (Wildman–Crippen MR) is 79.4 cm³/mol. The van der Waals surface area contributed by atoms with E-state index in [1.54, 1.807) is 7.11 Å². The van der Waals surface area contributed by atoms with Crippen LogP contribution in [0.3, 0.4) is 0 Å². The maximum absolute atomic E-state index is 10.2. The van der Waals surface area contributed by atoms with Gasteiger partial charge in [0, 0.05) is 0 Å².